The number of amides is 1. The zero-order chi connectivity index (χ0) is 24.1. The van der Waals surface area contributed by atoms with Gasteiger partial charge in [0, 0.05) is 11.1 Å². The molecule has 4 aliphatic rings. The average Bonchev–Trinajstić information content (AvgIpc) is 3.53. The summed E-state index contributed by atoms with van der Waals surface area (Å²) in [6.45, 7) is 4.05. The summed E-state index contributed by atoms with van der Waals surface area (Å²) in [5.41, 5.74) is 8.93. The van der Waals surface area contributed by atoms with Crippen LogP contribution in [-0.2, 0) is 14.9 Å². The number of aliphatic imine (C=N–C) groups is 2. The number of dihydropyridines is 2. The van der Waals surface area contributed by atoms with Crippen molar-refractivity contribution < 1.29 is 14.6 Å². The lowest BCUT2D eigenvalue weighted by Crippen LogP contribution is -2.40. The number of hydrogen-bond acceptors (Lipinski definition) is 7. The van der Waals surface area contributed by atoms with Crippen LogP contribution in [-0.4, -0.2) is 48.2 Å². The molecule has 34 heavy (non-hydrogen) atoms. The van der Waals surface area contributed by atoms with E-state index in [1.807, 2.05) is 24.3 Å². The average molecular weight is 482 g/mol. The molecule has 0 aromatic heterocycles. The van der Waals surface area contributed by atoms with Crippen molar-refractivity contribution in [3.63, 3.8) is 0 Å². The van der Waals surface area contributed by atoms with E-state index in [2.05, 4.69) is 32.8 Å². The number of halogens is 1. The number of benzene rings is 1. The van der Waals surface area contributed by atoms with Gasteiger partial charge >= 0.3 is 0 Å². The van der Waals surface area contributed by atoms with Crippen LogP contribution in [0.2, 0.25) is 0 Å². The summed E-state index contributed by atoms with van der Waals surface area (Å²) in [5.74, 6) is -0.422. The van der Waals surface area contributed by atoms with E-state index in [4.69, 9.17) is 22.1 Å². The predicted molar refractivity (Wildman–Crippen MR) is 132 cm³/mol. The minimum atomic E-state index is -0.831. The molecule has 5 rings (SSSR count). The Kier molecular flexibility index (Phi) is 5.53. The van der Waals surface area contributed by atoms with Gasteiger partial charge < -0.3 is 26.2 Å². The molecule has 1 fully saturated rings. The van der Waals surface area contributed by atoms with Crippen LogP contribution < -0.4 is 16.4 Å². The second-order valence-electron chi connectivity index (χ2n) is 9.68. The second-order valence-corrected chi connectivity index (χ2v) is 10.1. The highest BCUT2D eigenvalue weighted by Crippen LogP contribution is 2.47. The van der Waals surface area contributed by atoms with Crippen LogP contribution in [0, 0.1) is 5.41 Å². The van der Waals surface area contributed by atoms with Crippen LogP contribution in [0.3, 0.4) is 0 Å². The second kappa shape index (κ2) is 8.29. The minimum absolute atomic E-state index is 0.0658. The number of rotatable bonds is 6. The first-order valence-corrected chi connectivity index (χ1v) is 11.7. The summed E-state index contributed by atoms with van der Waals surface area (Å²) in [6, 6.07) is 8.55. The smallest absolute Gasteiger partial charge is 0.292 e. The molecule has 3 aliphatic heterocycles. The summed E-state index contributed by atoms with van der Waals surface area (Å²) in [5, 5.41) is 16.8. The number of primary amides is 1. The number of aliphatic hydroxyl groups excluding tert-OH is 1. The van der Waals surface area contributed by atoms with Gasteiger partial charge in [0.1, 0.15) is 6.10 Å². The number of aliphatic hydroxyl groups is 1. The molecule has 9 heteroatoms. The number of hydrogen-bond donors (Lipinski definition) is 4. The maximum absolute atomic E-state index is 11.7. The maximum Gasteiger partial charge on any atom is 0.292 e. The Labute approximate surface area is 203 Å². The van der Waals surface area contributed by atoms with Crippen molar-refractivity contribution >= 4 is 34.9 Å². The molecular formula is C25H28ClN5O3. The molecule has 0 spiro atoms. The Bertz CT molecular complexity index is 1180. The number of fused-ring (bicyclic) bond motifs is 1. The van der Waals surface area contributed by atoms with Crippen molar-refractivity contribution in [3.8, 4) is 0 Å². The first-order chi connectivity index (χ1) is 16.2. The highest BCUT2D eigenvalue weighted by molar-refractivity contribution is 6.34. The largest absolute Gasteiger partial charge is 0.455 e. The van der Waals surface area contributed by atoms with E-state index in [0.29, 0.717) is 23.3 Å². The van der Waals surface area contributed by atoms with E-state index in [1.165, 1.54) is 0 Å². The molecule has 3 heterocycles. The standard InChI is InChI=1S/C25H28ClN5O3/c1-24(2,22(27)33)19-8-7-16(12-28-19)34-23-29-18-11-17(26)20(30-21(18)31-23)14-3-5-15(6-4-14)25(13-32)9-10-25/h3-8,11,16,21,30,32H,9-10,12-13H2,1-2H3,(H2,27,33)(H,29,31). The minimum Gasteiger partial charge on any atom is -0.455 e. The predicted octanol–water partition coefficient (Wildman–Crippen LogP) is 2.30. The number of ether oxygens (including phenoxy) is 1. The quantitative estimate of drug-likeness (QED) is 0.496. The third-order valence-corrected chi connectivity index (χ3v) is 7.26. The van der Waals surface area contributed by atoms with E-state index in [9.17, 15) is 9.90 Å². The highest BCUT2D eigenvalue weighted by atomic mass is 35.5. The van der Waals surface area contributed by atoms with Crippen LogP contribution in [0.15, 0.2) is 63.2 Å². The molecule has 5 N–H and O–H groups in total. The van der Waals surface area contributed by atoms with Gasteiger partial charge in [-0.1, -0.05) is 35.9 Å². The first kappa shape index (κ1) is 22.7. The third-order valence-electron chi connectivity index (χ3n) is 6.97. The van der Waals surface area contributed by atoms with Gasteiger partial charge in [-0.2, -0.15) is 0 Å². The molecular weight excluding hydrogens is 454 g/mol. The highest BCUT2D eigenvalue weighted by Gasteiger charge is 2.43. The van der Waals surface area contributed by atoms with Crippen LogP contribution in [0.25, 0.3) is 5.70 Å². The molecule has 1 aromatic carbocycles. The first-order valence-electron chi connectivity index (χ1n) is 11.4. The van der Waals surface area contributed by atoms with Crippen LogP contribution >= 0.6 is 11.6 Å². The van der Waals surface area contributed by atoms with Crippen molar-refractivity contribution in [3.05, 3.63) is 64.3 Å². The van der Waals surface area contributed by atoms with Crippen LogP contribution in [0.5, 0.6) is 0 Å². The molecule has 1 aromatic rings. The van der Waals surface area contributed by atoms with E-state index in [1.54, 1.807) is 19.9 Å². The molecule has 178 valence electrons. The van der Waals surface area contributed by atoms with Crippen molar-refractivity contribution in [2.75, 3.05) is 13.2 Å². The number of nitrogens with zero attached hydrogens (tertiary/aromatic N) is 2. The van der Waals surface area contributed by atoms with Gasteiger partial charge in [-0.3, -0.25) is 9.79 Å². The molecule has 1 amide bonds. The molecule has 2 atom stereocenters. The number of nitrogens with two attached hydrogens (primary N) is 1. The van der Waals surface area contributed by atoms with Crippen molar-refractivity contribution in [2.45, 2.75) is 44.4 Å². The van der Waals surface area contributed by atoms with Gasteiger partial charge in [0.25, 0.3) is 6.02 Å². The van der Waals surface area contributed by atoms with Gasteiger partial charge in [-0.15, -0.1) is 0 Å². The number of carbonyl (C=O) groups is 1. The summed E-state index contributed by atoms with van der Waals surface area (Å²) >= 11 is 6.58. The Balaban J connectivity index is 1.24. The fourth-order valence-electron chi connectivity index (χ4n) is 4.26. The zero-order valence-corrected chi connectivity index (χ0v) is 19.9. The van der Waals surface area contributed by atoms with Gasteiger partial charge in [-0.25, -0.2) is 4.99 Å². The summed E-state index contributed by atoms with van der Waals surface area (Å²) in [7, 11) is 0. The van der Waals surface area contributed by atoms with Crippen LogP contribution in [0.4, 0.5) is 0 Å². The molecule has 1 saturated carbocycles. The van der Waals surface area contributed by atoms with Crippen LogP contribution in [0.1, 0.15) is 37.8 Å². The third kappa shape index (κ3) is 4.01. The van der Waals surface area contributed by atoms with Gasteiger partial charge in [-0.05, 0) is 56.0 Å². The van der Waals surface area contributed by atoms with Crippen molar-refractivity contribution in [1.82, 2.24) is 10.6 Å². The lowest BCUT2D eigenvalue weighted by atomic mass is 9.85. The molecule has 0 saturated heterocycles. The lowest BCUT2D eigenvalue weighted by molar-refractivity contribution is -0.122. The van der Waals surface area contributed by atoms with E-state index < -0.39 is 11.3 Å². The number of amidine groups is 1. The summed E-state index contributed by atoms with van der Waals surface area (Å²) < 4.78 is 5.98. The zero-order valence-electron chi connectivity index (χ0n) is 19.1. The fourth-order valence-corrected chi connectivity index (χ4v) is 4.54. The van der Waals surface area contributed by atoms with E-state index >= 15 is 0 Å². The monoisotopic (exact) mass is 481 g/mol. The maximum atomic E-state index is 11.7. The SMILES string of the molecule is CC(C)(C(N)=O)C1=NCC(OC2=NC3NC(c4ccc(C5(CO)CC5)cc4)=C(Cl)C=C3N2)C=C1. The van der Waals surface area contributed by atoms with Gasteiger partial charge in [0.15, 0.2) is 6.17 Å². The Morgan fingerprint density at radius 2 is 2.06 bits per heavy atom. The number of allylic oxidation sites excluding steroid dienone is 3. The molecule has 1 aliphatic carbocycles. The molecule has 8 nitrogen and oxygen atoms in total. The fraction of sp³-hybridized carbons (Fsp3) is 0.400. The molecule has 0 bridgehead atoms. The molecule has 2 unspecified atom stereocenters. The van der Waals surface area contributed by atoms with Crippen molar-refractivity contribution in [2.24, 2.45) is 21.1 Å². The van der Waals surface area contributed by atoms with Gasteiger partial charge in [0.05, 0.1) is 35.0 Å². The summed E-state index contributed by atoms with van der Waals surface area (Å²) in [6.07, 6.45) is 6.89. The Hall–Kier alpha value is -3.10. The topological polar surface area (TPSA) is 121 Å². The number of nitrogens with one attached hydrogen (secondary N) is 2. The van der Waals surface area contributed by atoms with E-state index in [-0.39, 0.29) is 24.3 Å². The Morgan fingerprint density at radius 1 is 1.32 bits per heavy atom. The van der Waals surface area contributed by atoms with Gasteiger partial charge in [0.2, 0.25) is 5.91 Å². The normalized spacial score (nSPS) is 24.9. The Morgan fingerprint density at radius 3 is 2.65 bits per heavy atom. The lowest BCUT2D eigenvalue weighted by Gasteiger charge is -2.25. The molecule has 0 radical (unpaired) electrons. The van der Waals surface area contributed by atoms with E-state index in [0.717, 1.165) is 35.4 Å². The van der Waals surface area contributed by atoms with Crippen molar-refractivity contribution in [1.29, 1.82) is 0 Å². The summed E-state index contributed by atoms with van der Waals surface area (Å²) in [4.78, 5) is 20.8. The number of carbonyl (C=O) groups excluding carboxylic acids is 1.